The molecule has 0 saturated carbocycles. The topological polar surface area (TPSA) is 30.8 Å². The highest BCUT2D eigenvalue weighted by atomic mass is 19.3. The van der Waals surface area contributed by atoms with Gasteiger partial charge in [0.15, 0.2) is 0 Å². The predicted octanol–water partition coefficient (Wildman–Crippen LogP) is 5.81. The quantitative estimate of drug-likeness (QED) is 0.468. The van der Waals surface area contributed by atoms with Crippen LogP contribution in [0, 0.1) is 13.8 Å². The minimum atomic E-state index is -2.83. The maximum Gasteiger partial charge on any atom is 0.387 e. The van der Waals surface area contributed by atoms with Gasteiger partial charge >= 0.3 is 6.61 Å². The fraction of sp³-hybridized carbons (Fsp3) is 0.250. The van der Waals surface area contributed by atoms with Crippen molar-refractivity contribution in [1.82, 2.24) is 0 Å². The van der Waals surface area contributed by atoms with Gasteiger partial charge in [-0.05, 0) is 61.7 Å². The fourth-order valence-corrected chi connectivity index (χ4v) is 2.39. The van der Waals surface area contributed by atoms with E-state index in [0.29, 0.717) is 12.4 Å². The lowest BCUT2D eigenvalue weighted by Gasteiger charge is -2.14. The number of hydrogen-bond acceptors (Lipinski definition) is 3. The van der Waals surface area contributed by atoms with E-state index in [-0.39, 0.29) is 5.75 Å². The van der Waals surface area contributed by atoms with Crippen molar-refractivity contribution in [2.75, 3.05) is 0 Å². The van der Waals surface area contributed by atoms with Gasteiger partial charge in [-0.3, -0.25) is 4.99 Å². The summed E-state index contributed by atoms with van der Waals surface area (Å²) >= 11 is 0. The number of halogens is 2. The molecular formula is C20H21F2NO2. The Morgan fingerprint density at radius 1 is 1.16 bits per heavy atom. The number of alkyl halides is 2. The summed E-state index contributed by atoms with van der Waals surface area (Å²) in [5.74, 6) is 0.677. The van der Waals surface area contributed by atoms with Gasteiger partial charge in [0.1, 0.15) is 18.1 Å². The summed E-state index contributed by atoms with van der Waals surface area (Å²) in [6, 6.07) is 10.3. The first-order chi connectivity index (χ1) is 11.9. The molecule has 0 radical (unpaired) electrons. The van der Waals surface area contributed by atoms with Crippen LogP contribution in [0.3, 0.4) is 0 Å². The second kappa shape index (κ2) is 8.42. The molecule has 0 aliphatic heterocycles. The summed E-state index contributed by atoms with van der Waals surface area (Å²) in [6.45, 7) is 7.30. The number of aliphatic imine (C=N–C) groups is 1. The van der Waals surface area contributed by atoms with Gasteiger partial charge in [-0.15, -0.1) is 0 Å². The van der Waals surface area contributed by atoms with Crippen LogP contribution in [0.1, 0.15) is 29.2 Å². The monoisotopic (exact) mass is 345 g/mol. The lowest BCUT2D eigenvalue weighted by Crippen LogP contribution is -2.02. The molecule has 2 aromatic rings. The Morgan fingerprint density at radius 3 is 2.44 bits per heavy atom. The van der Waals surface area contributed by atoms with E-state index >= 15 is 0 Å². The molecule has 0 amide bonds. The van der Waals surface area contributed by atoms with Crippen LogP contribution in [-0.2, 0) is 11.3 Å². The van der Waals surface area contributed by atoms with Crippen LogP contribution in [0.4, 0.5) is 14.5 Å². The summed E-state index contributed by atoms with van der Waals surface area (Å²) in [7, 11) is 0. The van der Waals surface area contributed by atoms with Gasteiger partial charge < -0.3 is 9.47 Å². The molecule has 0 saturated heterocycles. The van der Waals surface area contributed by atoms with Crippen LogP contribution in [-0.4, -0.2) is 12.8 Å². The third kappa shape index (κ3) is 5.14. The van der Waals surface area contributed by atoms with E-state index in [0.717, 1.165) is 27.9 Å². The van der Waals surface area contributed by atoms with Gasteiger partial charge in [-0.1, -0.05) is 18.7 Å². The second-order valence-corrected chi connectivity index (χ2v) is 5.58. The smallest absolute Gasteiger partial charge is 0.387 e. The van der Waals surface area contributed by atoms with Crippen molar-refractivity contribution >= 4 is 17.7 Å². The van der Waals surface area contributed by atoms with Gasteiger partial charge in [-0.25, -0.2) is 0 Å². The normalized spacial score (nSPS) is 11.1. The zero-order valence-corrected chi connectivity index (χ0v) is 14.6. The molecule has 132 valence electrons. The molecule has 0 aliphatic carbocycles. The van der Waals surface area contributed by atoms with Crippen molar-refractivity contribution in [2.45, 2.75) is 34.0 Å². The highest BCUT2D eigenvalue weighted by Crippen LogP contribution is 2.28. The molecule has 0 heterocycles. The van der Waals surface area contributed by atoms with Gasteiger partial charge in [0.05, 0.1) is 5.69 Å². The number of ether oxygens (including phenoxy) is 2. The van der Waals surface area contributed by atoms with Crippen LogP contribution < -0.4 is 4.74 Å². The average molecular weight is 345 g/mol. The molecule has 25 heavy (non-hydrogen) atoms. The van der Waals surface area contributed by atoms with Crippen LogP contribution >= 0.6 is 0 Å². The molecule has 0 bridgehead atoms. The van der Waals surface area contributed by atoms with Crippen molar-refractivity contribution < 1.29 is 18.3 Å². The molecule has 0 N–H and O–H groups in total. The van der Waals surface area contributed by atoms with E-state index in [4.69, 9.17) is 4.74 Å². The van der Waals surface area contributed by atoms with E-state index in [1.165, 1.54) is 12.1 Å². The Hall–Kier alpha value is -2.69. The first-order valence-corrected chi connectivity index (χ1v) is 7.86. The number of nitrogens with zero attached hydrogens (tertiary/aromatic N) is 1. The maximum atomic E-state index is 12.1. The van der Waals surface area contributed by atoms with Crippen molar-refractivity contribution in [1.29, 1.82) is 0 Å². The Kier molecular flexibility index (Phi) is 6.28. The SMILES string of the molecule is C=C(OCc1ccc(OC(F)F)cc1)c1cc(C)c(N=CC)cc1C. The lowest BCUT2D eigenvalue weighted by atomic mass is 10.0. The molecule has 0 atom stereocenters. The summed E-state index contributed by atoms with van der Waals surface area (Å²) < 4.78 is 34.4. The summed E-state index contributed by atoms with van der Waals surface area (Å²) in [4.78, 5) is 4.33. The van der Waals surface area contributed by atoms with Crippen LogP contribution in [0.25, 0.3) is 5.76 Å². The zero-order chi connectivity index (χ0) is 18.4. The molecule has 3 nitrogen and oxygen atoms in total. The van der Waals surface area contributed by atoms with Gasteiger partial charge in [0.2, 0.25) is 0 Å². The van der Waals surface area contributed by atoms with Crippen molar-refractivity contribution in [3.05, 3.63) is 65.2 Å². The highest BCUT2D eigenvalue weighted by molar-refractivity contribution is 5.69. The van der Waals surface area contributed by atoms with E-state index in [9.17, 15) is 8.78 Å². The first kappa shape index (κ1) is 18.6. The molecule has 2 aromatic carbocycles. The van der Waals surface area contributed by atoms with E-state index in [1.54, 1.807) is 18.3 Å². The standard InChI is InChI=1S/C20H21F2NO2/c1-5-23-19-11-13(2)18(10-14(19)3)15(4)24-12-16-6-8-17(9-7-16)25-20(21)22/h5-11,20H,4,12H2,1-3H3. The maximum absolute atomic E-state index is 12.1. The largest absolute Gasteiger partial charge is 0.489 e. The molecule has 0 fully saturated rings. The molecule has 5 heteroatoms. The van der Waals surface area contributed by atoms with Gasteiger partial charge in [0, 0.05) is 11.8 Å². The van der Waals surface area contributed by atoms with Gasteiger partial charge in [0.25, 0.3) is 0 Å². The first-order valence-electron chi connectivity index (χ1n) is 7.86. The van der Waals surface area contributed by atoms with Crippen LogP contribution in [0.15, 0.2) is 48.0 Å². The summed E-state index contributed by atoms with van der Waals surface area (Å²) in [5, 5.41) is 0. The number of aryl methyl sites for hydroxylation is 2. The highest BCUT2D eigenvalue weighted by Gasteiger charge is 2.09. The third-order valence-corrected chi connectivity index (χ3v) is 3.67. The number of benzene rings is 2. The fourth-order valence-electron chi connectivity index (χ4n) is 2.39. The minimum Gasteiger partial charge on any atom is -0.489 e. The molecule has 0 aromatic heterocycles. The van der Waals surface area contributed by atoms with E-state index in [2.05, 4.69) is 16.3 Å². The average Bonchev–Trinajstić information content (AvgIpc) is 2.56. The second-order valence-electron chi connectivity index (χ2n) is 5.58. The number of rotatable bonds is 7. The van der Waals surface area contributed by atoms with Crippen LogP contribution in [0.2, 0.25) is 0 Å². The van der Waals surface area contributed by atoms with Gasteiger partial charge in [-0.2, -0.15) is 8.78 Å². The third-order valence-electron chi connectivity index (χ3n) is 3.67. The number of hydrogen-bond donors (Lipinski definition) is 0. The van der Waals surface area contributed by atoms with Crippen molar-refractivity contribution in [3.8, 4) is 5.75 Å². The zero-order valence-electron chi connectivity index (χ0n) is 14.6. The van der Waals surface area contributed by atoms with E-state index in [1.807, 2.05) is 32.9 Å². The Bertz CT molecular complexity index is 768. The summed E-state index contributed by atoms with van der Waals surface area (Å²) in [5.41, 5.74) is 4.74. The van der Waals surface area contributed by atoms with E-state index < -0.39 is 6.61 Å². The van der Waals surface area contributed by atoms with Crippen molar-refractivity contribution in [3.63, 3.8) is 0 Å². The Balaban J connectivity index is 2.04. The lowest BCUT2D eigenvalue weighted by molar-refractivity contribution is -0.0498. The van der Waals surface area contributed by atoms with Crippen molar-refractivity contribution in [2.24, 2.45) is 4.99 Å². The minimum absolute atomic E-state index is 0.121. The van der Waals surface area contributed by atoms with Crippen LogP contribution in [0.5, 0.6) is 5.75 Å². The predicted molar refractivity (Wildman–Crippen MR) is 96.6 cm³/mol. The molecular weight excluding hydrogens is 324 g/mol. The Morgan fingerprint density at radius 2 is 1.84 bits per heavy atom. The molecule has 0 unspecified atom stereocenters. The molecule has 0 spiro atoms. The molecule has 0 aliphatic rings. The summed E-state index contributed by atoms with van der Waals surface area (Å²) in [6.07, 6.45) is 1.76. The Labute approximate surface area is 146 Å². The molecule has 2 rings (SSSR count).